The maximum atomic E-state index is 13.5. The van der Waals surface area contributed by atoms with Gasteiger partial charge in [0.2, 0.25) is 5.91 Å². The Labute approximate surface area is 261 Å². The van der Waals surface area contributed by atoms with Gasteiger partial charge >= 0.3 is 6.18 Å². The number of carbonyl (C=O) groups is 3. The number of hydrogen-bond donors (Lipinski definition) is 3. The first kappa shape index (κ1) is 32.4. The molecule has 3 amide bonds. The number of anilines is 2. The third-order valence-corrected chi connectivity index (χ3v) is 7.81. The summed E-state index contributed by atoms with van der Waals surface area (Å²) in [5, 5.41) is 6.99. The highest BCUT2D eigenvalue weighted by molar-refractivity contribution is 8.00. The van der Waals surface area contributed by atoms with Crippen molar-refractivity contribution in [3.05, 3.63) is 131 Å². The summed E-state index contributed by atoms with van der Waals surface area (Å²) >= 11 is 6.89. The van der Waals surface area contributed by atoms with Crippen LogP contribution in [0.4, 0.5) is 24.5 Å². The summed E-state index contributed by atoms with van der Waals surface area (Å²) in [6, 6.07) is 27.3. The zero-order chi connectivity index (χ0) is 31.7. The number of rotatable bonds is 10. The van der Waals surface area contributed by atoms with Crippen molar-refractivity contribution in [1.82, 2.24) is 5.32 Å². The van der Waals surface area contributed by atoms with Gasteiger partial charge in [-0.3, -0.25) is 14.4 Å². The zero-order valence-electron chi connectivity index (χ0n) is 23.3. The van der Waals surface area contributed by atoms with E-state index in [1.807, 2.05) is 6.07 Å². The molecule has 0 heterocycles. The molecule has 1 atom stereocenters. The molecule has 0 aromatic heterocycles. The van der Waals surface area contributed by atoms with Crippen LogP contribution in [-0.2, 0) is 15.8 Å². The SMILES string of the molecule is CCC(Sc1cccc(NC(=O)/C(=C/c2ccccc2)NC(=O)c2ccccc2)c1)C(=O)Nc1ccc(Cl)cc1C(F)(F)F. The monoisotopic (exact) mass is 637 g/mol. The molecule has 0 spiro atoms. The standard InChI is InChI=1S/C33H27ClF3N3O3S/c1-2-29(32(43)39-27-17-16-23(34)19-26(27)33(35,36)37)44-25-15-9-14-24(20-25)38-31(42)28(18-21-10-5-3-6-11-21)40-30(41)22-12-7-4-8-13-22/h3-20,29H,2H2,1H3,(H,38,42)(H,39,43)(H,40,41)/b28-18-. The van der Waals surface area contributed by atoms with Crippen molar-refractivity contribution in [2.45, 2.75) is 29.7 Å². The smallest absolute Gasteiger partial charge is 0.325 e. The molecule has 6 nitrogen and oxygen atoms in total. The third-order valence-electron chi connectivity index (χ3n) is 6.22. The molecule has 44 heavy (non-hydrogen) atoms. The minimum atomic E-state index is -4.71. The van der Waals surface area contributed by atoms with E-state index in [0.717, 1.165) is 23.9 Å². The van der Waals surface area contributed by atoms with Gasteiger partial charge in [-0.25, -0.2) is 0 Å². The highest BCUT2D eigenvalue weighted by atomic mass is 35.5. The van der Waals surface area contributed by atoms with Crippen molar-refractivity contribution in [2.24, 2.45) is 0 Å². The van der Waals surface area contributed by atoms with Gasteiger partial charge in [-0.15, -0.1) is 11.8 Å². The van der Waals surface area contributed by atoms with Crippen molar-refractivity contribution in [1.29, 1.82) is 0 Å². The van der Waals surface area contributed by atoms with Gasteiger partial charge in [0.15, 0.2) is 0 Å². The second-order valence-corrected chi connectivity index (χ2v) is 11.2. The van der Waals surface area contributed by atoms with Crippen LogP contribution in [0.3, 0.4) is 0 Å². The van der Waals surface area contributed by atoms with Crippen molar-refractivity contribution < 1.29 is 27.6 Å². The van der Waals surface area contributed by atoms with Crippen LogP contribution in [0.5, 0.6) is 0 Å². The largest absolute Gasteiger partial charge is 0.418 e. The second kappa shape index (κ2) is 14.8. The fourth-order valence-corrected chi connectivity index (χ4v) is 5.25. The van der Waals surface area contributed by atoms with Gasteiger partial charge in [-0.1, -0.05) is 73.1 Å². The van der Waals surface area contributed by atoms with Gasteiger partial charge in [0.05, 0.1) is 16.5 Å². The lowest BCUT2D eigenvalue weighted by molar-refractivity contribution is -0.137. The Balaban J connectivity index is 1.50. The molecule has 11 heteroatoms. The van der Waals surface area contributed by atoms with Gasteiger partial charge in [0.25, 0.3) is 11.8 Å². The molecule has 4 aromatic carbocycles. The molecule has 226 valence electrons. The fraction of sp³-hybridized carbons (Fsp3) is 0.121. The number of alkyl halides is 3. The number of halogens is 4. The fourth-order valence-electron chi connectivity index (χ4n) is 4.06. The molecule has 4 aromatic rings. The lowest BCUT2D eigenvalue weighted by atomic mass is 10.1. The first-order chi connectivity index (χ1) is 21.0. The predicted octanol–water partition coefficient (Wildman–Crippen LogP) is 8.28. The molecular formula is C33H27ClF3N3O3S. The highest BCUT2D eigenvalue weighted by Crippen LogP contribution is 2.37. The minimum absolute atomic E-state index is 0.0114. The number of carbonyl (C=O) groups excluding carboxylic acids is 3. The van der Waals surface area contributed by atoms with E-state index in [4.69, 9.17) is 11.6 Å². The van der Waals surface area contributed by atoms with Gasteiger partial charge < -0.3 is 16.0 Å². The molecule has 0 aliphatic carbocycles. The van der Waals surface area contributed by atoms with Crippen molar-refractivity contribution >= 4 is 58.5 Å². The van der Waals surface area contributed by atoms with Crippen molar-refractivity contribution in [3.8, 4) is 0 Å². The van der Waals surface area contributed by atoms with E-state index in [1.165, 1.54) is 6.07 Å². The van der Waals surface area contributed by atoms with Crippen LogP contribution in [0.15, 0.2) is 114 Å². The Morgan fingerprint density at radius 1 is 0.864 bits per heavy atom. The molecule has 3 N–H and O–H groups in total. The number of amides is 3. The van der Waals surface area contributed by atoms with Gasteiger partial charge in [-0.2, -0.15) is 13.2 Å². The highest BCUT2D eigenvalue weighted by Gasteiger charge is 2.34. The minimum Gasteiger partial charge on any atom is -0.325 e. The normalized spacial score (nSPS) is 12.2. The Kier molecular flexibility index (Phi) is 10.9. The maximum absolute atomic E-state index is 13.5. The van der Waals surface area contributed by atoms with E-state index in [-0.39, 0.29) is 16.4 Å². The number of benzene rings is 4. The van der Waals surface area contributed by atoms with Crippen molar-refractivity contribution in [2.75, 3.05) is 10.6 Å². The Morgan fingerprint density at radius 3 is 2.20 bits per heavy atom. The lowest BCUT2D eigenvalue weighted by Crippen LogP contribution is -2.30. The molecular weight excluding hydrogens is 611 g/mol. The van der Waals surface area contributed by atoms with Crippen LogP contribution in [0.2, 0.25) is 5.02 Å². The quantitative estimate of drug-likeness (QED) is 0.121. The lowest BCUT2D eigenvalue weighted by Gasteiger charge is -2.18. The average Bonchev–Trinajstić information content (AvgIpc) is 3.01. The maximum Gasteiger partial charge on any atom is 0.418 e. The van der Waals surface area contributed by atoms with Crippen molar-refractivity contribution in [3.63, 3.8) is 0 Å². The van der Waals surface area contributed by atoms with Gasteiger partial charge in [0.1, 0.15) is 5.70 Å². The molecule has 0 aliphatic rings. The first-order valence-corrected chi connectivity index (χ1v) is 14.7. The number of nitrogens with one attached hydrogen (secondary N) is 3. The molecule has 0 saturated heterocycles. The van der Waals surface area contributed by atoms with E-state index in [2.05, 4.69) is 16.0 Å². The second-order valence-electron chi connectivity index (χ2n) is 9.46. The first-order valence-electron chi connectivity index (χ1n) is 13.4. The third kappa shape index (κ3) is 8.98. The van der Waals surface area contributed by atoms with E-state index in [9.17, 15) is 27.6 Å². The Hall–Kier alpha value is -4.54. The summed E-state index contributed by atoms with van der Waals surface area (Å²) < 4.78 is 40.5. The summed E-state index contributed by atoms with van der Waals surface area (Å²) in [5.41, 5.74) is 0.0467. The molecule has 0 radical (unpaired) electrons. The molecule has 0 saturated carbocycles. The van der Waals surface area contributed by atoms with Gasteiger partial charge in [-0.05, 0) is 66.6 Å². The van der Waals surface area contributed by atoms with Crippen LogP contribution >= 0.6 is 23.4 Å². The molecule has 0 fully saturated rings. The topological polar surface area (TPSA) is 87.3 Å². The van der Waals surface area contributed by atoms with E-state index in [1.54, 1.807) is 91.9 Å². The molecule has 0 bridgehead atoms. The number of thioether (sulfide) groups is 1. The molecule has 0 aliphatic heterocycles. The summed E-state index contributed by atoms with van der Waals surface area (Å²) in [6.07, 6.45) is -2.83. The zero-order valence-corrected chi connectivity index (χ0v) is 24.9. The van der Waals surface area contributed by atoms with Crippen LogP contribution in [0, 0.1) is 0 Å². The van der Waals surface area contributed by atoms with Crippen LogP contribution in [-0.4, -0.2) is 23.0 Å². The van der Waals surface area contributed by atoms with E-state index < -0.39 is 34.7 Å². The summed E-state index contributed by atoms with van der Waals surface area (Å²) in [7, 11) is 0. The van der Waals surface area contributed by atoms with Crippen LogP contribution in [0.25, 0.3) is 6.08 Å². The Bertz CT molecular complexity index is 1670. The molecule has 4 rings (SSSR count). The average molecular weight is 638 g/mol. The van der Waals surface area contributed by atoms with Crippen LogP contribution < -0.4 is 16.0 Å². The molecule has 1 unspecified atom stereocenters. The van der Waals surface area contributed by atoms with Gasteiger partial charge in [0, 0.05) is 21.2 Å². The summed E-state index contributed by atoms with van der Waals surface area (Å²) in [6.45, 7) is 1.74. The summed E-state index contributed by atoms with van der Waals surface area (Å²) in [4.78, 5) is 39.8. The van der Waals surface area contributed by atoms with E-state index in [0.29, 0.717) is 28.1 Å². The van der Waals surface area contributed by atoms with Crippen LogP contribution in [0.1, 0.15) is 34.8 Å². The number of hydrogen-bond acceptors (Lipinski definition) is 4. The summed E-state index contributed by atoms with van der Waals surface area (Å²) in [5.74, 6) is -1.65. The van der Waals surface area contributed by atoms with E-state index >= 15 is 0 Å². The Morgan fingerprint density at radius 2 is 1.55 bits per heavy atom. The predicted molar refractivity (Wildman–Crippen MR) is 168 cm³/mol.